The van der Waals surface area contributed by atoms with Crippen LogP contribution in [0.25, 0.3) is 0 Å². The largest absolute Gasteiger partial charge is 0.493 e. The monoisotopic (exact) mass is 349 g/mol. The third kappa shape index (κ3) is 5.13. The van der Waals surface area contributed by atoms with Gasteiger partial charge in [0, 0.05) is 24.2 Å². The second-order valence-corrected chi connectivity index (χ2v) is 5.97. The third-order valence-corrected chi connectivity index (χ3v) is 4.16. The number of halogens is 1. The molecule has 0 radical (unpaired) electrons. The minimum absolute atomic E-state index is 0.176. The van der Waals surface area contributed by atoms with Crippen molar-refractivity contribution in [2.75, 3.05) is 20.3 Å². The van der Waals surface area contributed by atoms with Gasteiger partial charge in [-0.05, 0) is 42.6 Å². The molecule has 0 bridgehead atoms. The maximum atomic E-state index is 8.81. The zero-order chi connectivity index (χ0) is 17.4. The Kier molecular flexibility index (Phi) is 7.37. The van der Waals surface area contributed by atoms with Crippen LogP contribution in [0, 0.1) is 6.92 Å². The first kappa shape index (κ1) is 18.6. The van der Waals surface area contributed by atoms with E-state index < -0.39 is 0 Å². The normalized spacial score (nSPS) is 10.7. The van der Waals surface area contributed by atoms with Crippen molar-refractivity contribution in [1.29, 1.82) is 0 Å². The molecule has 0 aliphatic carbocycles. The number of hydrogen-bond donors (Lipinski definition) is 2. The summed E-state index contributed by atoms with van der Waals surface area (Å²) in [6, 6.07) is 11.8. The van der Waals surface area contributed by atoms with Gasteiger partial charge < -0.3 is 19.9 Å². The Morgan fingerprint density at radius 2 is 1.92 bits per heavy atom. The lowest BCUT2D eigenvalue weighted by molar-refractivity contribution is 0.283. The van der Waals surface area contributed by atoms with E-state index in [1.807, 2.05) is 24.3 Å². The molecule has 0 aliphatic rings. The fourth-order valence-electron chi connectivity index (χ4n) is 2.34. The number of aryl methyl sites for hydroxylation is 1. The summed E-state index contributed by atoms with van der Waals surface area (Å²) in [6.45, 7) is 4.06. The summed E-state index contributed by atoms with van der Waals surface area (Å²) in [5.41, 5.74) is 3.26. The summed E-state index contributed by atoms with van der Waals surface area (Å²) < 4.78 is 11.3. The van der Waals surface area contributed by atoms with Gasteiger partial charge in [0.05, 0.1) is 7.11 Å². The van der Waals surface area contributed by atoms with Crippen LogP contribution in [0.3, 0.4) is 0 Å². The Balaban J connectivity index is 2.07. The van der Waals surface area contributed by atoms with E-state index in [-0.39, 0.29) is 6.61 Å². The fourth-order valence-corrected chi connectivity index (χ4v) is 2.56. The maximum absolute atomic E-state index is 8.81. The summed E-state index contributed by atoms with van der Waals surface area (Å²) in [7, 11) is 1.62. The summed E-state index contributed by atoms with van der Waals surface area (Å²) in [4.78, 5) is 0. The SMILES string of the molecule is COc1cc(CNCCCO)c(Cl)cc1OCc1ccccc1C. The average molecular weight is 350 g/mol. The van der Waals surface area contributed by atoms with E-state index in [2.05, 4.69) is 18.3 Å². The number of nitrogens with one attached hydrogen (secondary N) is 1. The van der Waals surface area contributed by atoms with Gasteiger partial charge in [0.2, 0.25) is 0 Å². The first-order chi connectivity index (χ1) is 11.7. The highest BCUT2D eigenvalue weighted by Crippen LogP contribution is 2.34. The lowest BCUT2D eigenvalue weighted by atomic mass is 10.1. The van der Waals surface area contributed by atoms with Crippen molar-refractivity contribution >= 4 is 11.6 Å². The number of aliphatic hydroxyl groups excluding tert-OH is 1. The average Bonchev–Trinajstić information content (AvgIpc) is 2.59. The molecule has 2 rings (SSSR count). The highest BCUT2D eigenvalue weighted by Gasteiger charge is 2.11. The van der Waals surface area contributed by atoms with E-state index in [1.165, 1.54) is 5.56 Å². The Morgan fingerprint density at radius 3 is 2.62 bits per heavy atom. The molecule has 4 nitrogen and oxygen atoms in total. The molecule has 0 saturated carbocycles. The second kappa shape index (κ2) is 9.52. The molecule has 0 fully saturated rings. The molecular formula is C19H24ClNO3. The highest BCUT2D eigenvalue weighted by molar-refractivity contribution is 6.31. The molecule has 5 heteroatoms. The Labute approximate surface area is 148 Å². The predicted octanol–water partition coefficient (Wildman–Crippen LogP) is 3.71. The van der Waals surface area contributed by atoms with Crippen LogP contribution in [0.1, 0.15) is 23.1 Å². The minimum atomic E-state index is 0.176. The lowest BCUT2D eigenvalue weighted by Crippen LogP contribution is -2.16. The molecule has 0 saturated heterocycles. The van der Waals surface area contributed by atoms with E-state index in [9.17, 15) is 0 Å². The first-order valence-electron chi connectivity index (χ1n) is 8.01. The quantitative estimate of drug-likeness (QED) is 0.678. The zero-order valence-corrected chi connectivity index (χ0v) is 14.9. The van der Waals surface area contributed by atoms with Crippen molar-refractivity contribution in [2.24, 2.45) is 0 Å². The van der Waals surface area contributed by atoms with Crippen molar-refractivity contribution in [3.63, 3.8) is 0 Å². The van der Waals surface area contributed by atoms with Crippen LogP contribution in [-0.4, -0.2) is 25.4 Å². The number of hydrogen-bond acceptors (Lipinski definition) is 4. The number of benzene rings is 2. The van der Waals surface area contributed by atoms with Crippen LogP contribution in [0.5, 0.6) is 11.5 Å². The smallest absolute Gasteiger partial charge is 0.163 e. The maximum Gasteiger partial charge on any atom is 0.163 e. The zero-order valence-electron chi connectivity index (χ0n) is 14.1. The van der Waals surface area contributed by atoms with Crippen LogP contribution in [0.15, 0.2) is 36.4 Å². The van der Waals surface area contributed by atoms with Crippen molar-refractivity contribution < 1.29 is 14.6 Å². The van der Waals surface area contributed by atoms with Crippen LogP contribution in [-0.2, 0) is 13.2 Å². The van der Waals surface area contributed by atoms with Crippen LogP contribution < -0.4 is 14.8 Å². The Bertz CT molecular complexity index is 661. The van der Waals surface area contributed by atoms with Crippen LogP contribution >= 0.6 is 11.6 Å². The summed E-state index contributed by atoms with van der Waals surface area (Å²) >= 11 is 6.36. The molecule has 0 spiro atoms. The third-order valence-electron chi connectivity index (χ3n) is 3.80. The van der Waals surface area contributed by atoms with Gasteiger partial charge in [-0.15, -0.1) is 0 Å². The van der Waals surface area contributed by atoms with Crippen LogP contribution in [0.2, 0.25) is 5.02 Å². The van der Waals surface area contributed by atoms with E-state index in [0.29, 0.717) is 36.1 Å². The minimum Gasteiger partial charge on any atom is -0.493 e. The molecule has 2 N–H and O–H groups in total. The molecule has 0 unspecified atom stereocenters. The number of rotatable bonds is 9. The molecule has 2 aromatic carbocycles. The van der Waals surface area contributed by atoms with Crippen molar-refractivity contribution in [3.05, 3.63) is 58.1 Å². The van der Waals surface area contributed by atoms with Gasteiger partial charge in [-0.1, -0.05) is 35.9 Å². The van der Waals surface area contributed by atoms with E-state index >= 15 is 0 Å². The van der Waals surface area contributed by atoms with E-state index in [0.717, 1.165) is 17.7 Å². The predicted molar refractivity (Wildman–Crippen MR) is 96.9 cm³/mol. The van der Waals surface area contributed by atoms with Gasteiger partial charge in [-0.25, -0.2) is 0 Å². The molecule has 0 amide bonds. The molecule has 0 aliphatic heterocycles. The van der Waals surface area contributed by atoms with Gasteiger partial charge in [-0.2, -0.15) is 0 Å². The van der Waals surface area contributed by atoms with Crippen molar-refractivity contribution in [2.45, 2.75) is 26.5 Å². The van der Waals surface area contributed by atoms with E-state index in [1.54, 1.807) is 13.2 Å². The molecule has 0 atom stereocenters. The molecule has 0 aromatic heterocycles. The number of aliphatic hydroxyl groups is 1. The van der Waals surface area contributed by atoms with Gasteiger partial charge in [-0.3, -0.25) is 0 Å². The van der Waals surface area contributed by atoms with Gasteiger partial charge in [0.25, 0.3) is 0 Å². The van der Waals surface area contributed by atoms with Gasteiger partial charge in [0.1, 0.15) is 6.61 Å². The molecule has 24 heavy (non-hydrogen) atoms. The summed E-state index contributed by atoms with van der Waals surface area (Å²) in [5.74, 6) is 1.29. The summed E-state index contributed by atoms with van der Waals surface area (Å²) in [6.07, 6.45) is 0.715. The number of ether oxygens (including phenoxy) is 2. The second-order valence-electron chi connectivity index (χ2n) is 5.56. The Hall–Kier alpha value is -1.75. The highest BCUT2D eigenvalue weighted by atomic mass is 35.5. The lowest BCUT2D eigenvalue weighted by Gasteiger charge is -2.15. The standard InChI is InChI=1S/C19H24ClNO3/c1-14-6-3-4-7-15(14)13-24-19-11-17(20)16(10-18(19)23-2)12-21-8-5-9-22/h3-4,6-7,10-11,21-22H,5,8-9,12-13H2,1-2H3. The van der Waals surface area contributed by atoms with Gasteiger partial charge in [0.15, 0.2) is 11.5 Å². The van der Waals surface area contributed by atoms with Crippen LogP contribution in [0.4, 0.5) is 0 Å². The molecular weight excluding hydrogens is 326 g/mol. The molecule has 130 valence electrons. The Morgan fingerprint density at radius 1 is 1.12 bits per heavy atom. The number of methoxy groups -OCH3 is 1. The van der Waals surface area contributed by atoms with Crippen molar-refractivity contribution in [3.8, 4) is 11.5 Å². The molecule has 2 aromatic rings. The molecule has 0 heterocycles. The van der Waals surface area contributed by atoms with Gasteiger partial charge >= 0.3 is 0 Å². The fraction of sp³-hybridized carbons (Fsp3) is 0.368. The topological polar surface area (TPSA) is 50.7 Å². The first-order valence-corrected chi connectivity index (χ1v) is 8.38. The van der Waals surface area contributed by atoms with E-state index in [4.69, 9.17) is 26.2 Å². The summed E-state index contributed by atoms with van der Waals surface area (Å²) in [5, 5.41) is 12.7. The van der Waals surface area contributed by atoms with Crippen molar-refractivity contribution in [1.82, 2.24) is 5.32 Å².